The largest absolute Gasteiger partial charge is 0.481 e. The Morgan fingerprint density at radius 2 is 1.81 bits per heavy atom. The second-order valence-corrected chi connectivity index (χ2v) is 10.5. The van der Waals surface area contributed by atoms with Gasteiger partial charge in [-0.3, -0.25) is 9.59 Å². The predicted octanol–water partition coefficient (Wildman–Crippen LogP) is 2.08. The number of carboxylic acid groups (broad SMARTS) is 1. The molecular weight excluding hydrogens is 388 g/mol. The summed E-state index contributed by atoms with van der Waals surface area (Å²) in [6.07, 6.45) is -0.448. The average molecular weight is 411 g/mol. The van der Waals surface area contributed by atoms with Gasteiger partial charge < -0.3 is 10.0 Å². The zero-order valence-corrected chi connectivity index (χ0v) is 17.1. The van der Waals surface area contributed by atoms with Crippen molar-refractivity contribution in [3.05, 3.63) is 28.8 Å². The van der Waals surface area contributed by atoms with Crippen molar-refractivity contribution in [2.24, 2.45) is 4.99 Å². The summed E-state index contributed by atoms with van der Waals surface area (Å²) in [5.74, 6) is -1.46. The summed E-state index contributed by atoms with van der Waals surface area (Å²) in [4.78, 5) is 28.9. The number of thioether (sulfide) groups is 1. The maximum atomic E-state index is 12.1. The lowest BCUT2D eigenvalue weighted by Gasteiger charge is -2.28. The number of anilines is 1. The van der Waals surface area contributed by atoms with E-state index in [9.17, 15) is 18.0 Å². The van der Waals surface area contributed by atoms with Gasteiger partial charge in [0.1, 0.15) is 0 Å². The van der Waals surface area contributed by atoms with Gasteiger partial charge in [-0.15, -0.1) is 0 Å². The standard InChI is InChI=1S/C18H22N2O5S2/c1-10-6-11(2)17(12(3)7-10)20-13-8-27(24,25)9-14(13)26-18(20)19-15(21)4-5-16(22)23/h6-7,13-14H,4-5,8-9H2,1-3H3,(H,22,23)/t13-,14+/m0/s1. The van der Waals surface area contributed by atoms with Crippen LogP contribution in [0.15, 0.2) is 17.1 Å². The highest BCUT2D eigenvalue weighted by Gasteiger charge is 2.50. The van der Waals surface area contributed by atoms with Gasteiger partial charge in [0.2, 0.25) is 5.91 Å². The zero-order valence-electron chi connectivity index (χ0n) is 15.4. The summed E-state index contributed by atoms with van der Waals surface area (Å²) >= 11 is 1.30. The number of aliphatic carboxylic acids is 1. The van der Waals surface area contributed by atoms with Gasteiger partial charge >= 0.3 is 5.97 Å². The summed E-state index contributed by atoms with van der Waals surface area (Å²) in [6, 6.07) is 3.77. The highest BCUT2D eigenvalue weighted by molar-refractivity contribution is 8.16. The second-order valence-electron chi connectivity index (χ2n) is 7.10. The molecule has 0 bridgehead atoms. The third kappa shape index (κ3) is 4.19. The van der Waals surface area contributed by atoms with E-state index in [1.807, 2.05) is 37.8 Å². The average Bonchev–Trinajstić information content (AvgIpc) is 2.97. The molecule has 146 valence electrons. The van der Waals surface area contributed by atoms with Gasteiger partial charge in [0.15, 0.2) is 15.0 Å². The first-order valence-corrected chi connectivity index (χ1v) is 11.3. The van der Waals surface area contributed by atoms with Crippen molar-refractivity contribution in [2.45, 2.75) is 44.9 Å². The van der Waals surface area contributed by atoms with Crippen molar-refractivity contribution in [1.82, 2.24) is 0 Å². The van der Waals surface area contributed by atoms with Crippen LogP contribution >= 0.6 is 11.8 Å². The lowest BCUT2D eigenvalue weighted by atomic mass is 10.0. The Kier molecular flexibility index (Phi) is 5.36. The van der Waals surface area contributed by atoms with Crippen LogP contribution in [0.4, 0.5) is 5.69 Å². The maximum Gasteiger partial charge on any atom is 0.303 e. The molecule has 7 nitrogen and oxygen atoms in total. The molecular formula is C18H22N2O5S2. The number of carboxylic acids is 1. The molecule has 0 aromatic heterocycles. The number of rotatable bonds is 4. The molecule has 1 aromatic rings. The third-order valence-corrected chi connectivity index (χ3v) is 7.93. The van der Waals surface area contributed by atoms with Crippen molar-refractivity contribution in [2.75, 3.05) is 16.4 Å². The molecule has 1 aromatic carbocycles. The molecule has 2 atom stereocenters. The Morgan fingerprint density at radius 3 is 2.41 bits per heavy atom. The van der Waals surface area contributed by atoms with Gasteiger partial charge in [0, 0.05) is 17.4 Å². The van der Waals surface area contributed by atoms with Crippen molar-refractivity contribution in [3.8, 4) is 0 Å². The van der Waals surface area contributed by atoms with E-state index in [0.717, 1.165) is 22.4 Å². The van der Waals surface area contributed by atoms with Gasteiger partial charge in [-0.25, -0.2) is 8.42 Å². The maximum absolute atomic E-state index is 12.1. The summed E-state index contributed by atoms with van der Waals surface area (Å²) in [6.45, 7) is 5.91. The van der Waals surface area contributed by atoms with Crippen molar-refractivity contribution in [3.63, 3.8) is 0 Å². The number of hydrogen-bond acceptors (Lipinski definition) is 5. The topological polar surface area (TPSA) is 104 Å². The summed E-state index contributed by atoms with van der Waals surface area (Å²) < 4.78 is 24.3. The van der Waals surface area contributed by atoms with E-state index in [4.69, 9.17) is 5.11 Å². The van der Waals surface area contributed by atoms with Crippen LogP contribution in [-0.2, 0) is 19.4 Å². The number of amides is 1. The first-order valence-electron chi connectivity index (χ1n) is 8.65. The molecule has 0 unspecified atom stereocenters. The van der Waals surface area contributed by atoms with Crippen LogP contribution in [0.5, 0.6) is 0 Å². The Labute approximate surface area is 162 Å². The second kappa shape index (κ2) is 7.27. The van der Waals surface area contributed by atoms with Crippen molar-refractivity contribution >= 4 is 44.3 Å². The molecule has 9 heteroatoms. The van der Waals surface area contributed by atoms with E-state index in [1.54, 1.807) is 0 Å². The third-order valence-electron chi connectivity index (χ3n) is 4.72. The molecule has 2 heterocycles. The van der Waals surface area contributed by atoms with Gasteiger partial charge in [0.05, 0.1) is 24.0 Å². The number of sulfone groups is 1. The van der Waals surface area contributed by atoms with Crippen molar-refractivity contribution < 1.29 is 23.1 Å². The number of amidine groups is 1. The smallest absolute Gasteiger partial charge is 0.303 e. The Morgan fingerprint density at radius 1 is 1.19 bits per heavy atom. The Hall–Kier alpha value is -1.87. The highest BCUT2D eigenvalue weighted by atomic mass is 32.2. The quantitative estimate of drug-likeness (QED) is 0.810. The Balaban J connectivity index is 2.02. The van der Waals surface area contributed by atoms with Crippen LogP contribution in [0.25, 0.3) is 0 Å². The summed E-state index contributed by atoms with van der Waals surface area (Å²) in [5.41, 5.74) is 3.96. The van der Waals surface area contributed by atoms with Crippen LogP contribution in [-0.4, -0.2) is 53.4 Å². The SMILES string of the molecule is Cc1cc(C)c(N2C(=NC(=O)CCC(=O)O)S[C@@H]3CS(=O)(=O)C[C@@H]32)c(C)c1. The number of aryl methyl sites for hydroxylation is 3. The number of benzene rings is 1. The summed E-state index contributed by atoms with van der Waals surface area (Å²) in [7, 11) is -3.13. The van der Waals surface area contributed by atoms with Gasteiger partial charge in [0.25, 0.3) is 0 Å². The normalized spacial score (nSPS) is 25.0. The predicted molar refractivity (Wildman–Crippen MR) is 106 cm³/mol. The molecule has 0 radical (unpaired) electrons. The molecule has 27 heavy (non-hydrogen) atoms. The fourth-order valence-electron chi connectivity index (χ4n) is 3.75. The number of carbonyl (C=O) groups excluding carboxylic acids is 1. The molecule has 0 spiro atoms. The number of nitrogens with zero attached hydrogens (tertiary/aromatic N) is 2. The fourth-order valence-corrected chi connectivity index (χ4v) is 7.67. The molecule has 0 saturated carbocycles. The van der Waals surface area contributed by atoms with E-state index >= 15 is 0 Å². The molecule has 0 aliphatic carbocycles. The molecule has 2 saturated heterocycles. The number of hydrogen-bond donors (Lipinski definition) is 1. The molecule has 2 fully saturated rings. The minimum absolute atomic E-state index is 0.0275. The van der Waals surface area contributed by atoms with Crippen LogP contribution in [0.2, 0.25) is 0 Å². The zero-order chi connectivity index (χ0) is 19.9. The molecule has 1 N–H and O–H groups in total. The minimum Gasteiger partial charge on any atom is -0.481 e. The van der Waals surface area contributed by atoms with Gasteiger partial charge in [-0.2, -0.15) is 4.99 Å². The molecule has 1 amide bonds. The summed E-state index contributed by atoms with van der Waals surface area (Å²) in [5, 5.41) is 9.04. The van der Waals surface area contributed by atoms with E-state index < -0.39 is 21.7 Å². The molecule has 2 aliphatic heterocycles. The van der Waals surface area contributed by atoms with E-state index in [-0.39, 0.29) is 35.6 Å². The monoisotopic (exact) mass is 410 g/mol. The van der Waals surface area contributed by atoms with Gasteiger partial charge in [-0.1, -0.05) is 29.5 Å². The lowest BCUT2D eigenvalue weighted by molar-refractivity contribution is -0.138. The van der Waals surface area contributed by atoms with Crippen LogP contribution < -0.4 is 4.90 Å². The van der Waals surface area contributed by atoms with Gasteiger partial charge in [-0.05, 0) is 31.9 Å². The van der Waals surface area contributed by atoms with Crippen LogP contribution in [0, 0.1) is 20.8 Å². The van der Waals surface area contributed by atoms with E-state index in [2.05, 4.69) is 4.99 Å². The number of fused-ring (bicyclic) bond motifs is 1. The minimum atomic E-state index is -3.13. The van der Waals surface area contributed by atoms with E-state index in [0.29, 0.717) is 5.17 Å². The Bertz CT molecular complexity index is 916. The fraction of sp³-hybridized carbons (Fsp3) is 0.500. The van der Waals surface area contributed by atoms with E-state index in [1.165, 1.54) is 11.8 Å². The first kappa shape index (κ1) is 19.9. The lowest BCUT2D eigenvalue weighted by Crippen LogP contribution is -2.38. The highest BCUT2D eigenvalue weighted by Crippen LogP contribution is 2.43. The first-order chi connectivity index (χ1) is 12.6. The van der Waals surface area contributed by atoms with Crippen molar-refractivity contribution in [1.29, 1.82) is 0 Å². The molecule has 2 aliphatic rings. The van der Waals surface area contributed by atoms with Crippen LogP contribution in [0.1, 0.15) is 29.5 Å². The van der Waals surface area contributed by atoms with Crippen LogP contribution in [0.3, 0.4) is 0 Å². The number of carbonyl (C=O) groups is 2. The molecule has 3 rings (SSSR count). The number of aliphatic imine (C=N–C) groups is 1.